The summed E-state index contributed by atoms with van der Waals surface area (Å²) in [5, 5.41) is 0. The molecule has 1 atom stereocenters. The second-order valence-electron chi connectivity index (χ2n) is 5.49. The van der Waals surface area contributed by atoms with Crippen molar-refractivity contribution in [3.05, 3.63) is 29.8 Å². The lowest BCUT2D eigenvalue weighted by molar-refractivity contribution is 0.252. The molecule has 2 rings (SSSR count). The first-order valence-corrected chi connectivity index (χ1v) is 6.85. The average molecular weight is 247 g/mol. The normalized spacial score (nSPS) is 19.8. The van der Waals surface area contributed by atoms with E-state index in [-0.39, 0.29) is 6.04 Å². The molecule has 2 N–H and O–H groups in total. The third-order valence-corrected chi connectivity index (χ3v) is 4.04. The Kier molecular flexibility index (Phi) is 4.25. The molecule has 0 radical (unpaired) electrons. The Labute approximate surface area is 111 Å². The van der Waals surface area contributed by atoms with Crippen LogP contribution in [0.3, 0.4) is 0 Å². The smallest absolute Gasteiger partial charge is 0.0414 e. The van der Waals surface area contributed by atoms with E-state index in [0.717, 1.165) is 0 Å². The van der Waals surface area contributed by atoms with Gasteiger partial charge >= 0.3 is 0 Å². The molecule has 3 heteroatoms. The maximum Gasteiger partial charge on any atom is 0.0414 e. The Morgan fingerprint density at radius 3 is 2.50 bits per heavy atom. The minimum Gasteiger partial charge on any atom is -0.371 e. The highest BCUT2D eigenvalue weighted by atomic mass is 15.2. The van der Waals surface area contributed by atoms with Crippen LogP contribution in [-0.2, 0) is 0 Å². The van der Waals surface area contributed by atoms with Crippen molar-refractivity contribution < 1.29 is 0 Å². The average Bonchev–Trinajstić information content (AvgIpc) is 2.39. The molecule has 1 aromatic rings. The van der Waals surface area contributed by atoms with Gasteiger partial charge in [0.25, 0.3) is 0 Å². The Morgan fingerprint density at radius 1 is 1.28 bits per heavy atom. The van der Waals surface area contributed by atoms with Crippen LogP contribution in [0.2, 0.25) is 0 Å². The van der Waals surface area contributed by atoms with E-state index in [0.29, 0.717) is 6.04 Å². The molecule has 0 amide bonds. The molecule has 3 nitrogen and oxygen atoms in total. The number of piperidine rings is 1. The number of benzene rings is 1. The van der Waals surface area contributed by atoms with Crippen LogP contribution in [0.25, 0.3) is 0 Å². The quantitative estimate of drug-likeness (QED) is 0.889. The van der Waals surface area contributed by atoms with Gasteiger partial charge in [-0.25, -0.2) is 0 Å². The number of anilines is 1. The molecule has 1 fully saturated rings. The first kappa shape index (κ1) is 13.4. The molecule has 0 unspecified atom stereocenters. The number of hydrogen-bond acceptors (Lipinski definition) is 3. The zero-order valence-corrected chi connectivity index (χ0v) is 11.8. The van der Waals surface area contributed by atoms with Gasteiger partial charge in [0.1, 0.15) is 0 Å². The van der Waals surface area contributed by atoms with Gasteiger partial charge in [-0.15, -0.1) is 0 Å². The van der Waals surface area contributed by atoms with E-state index in [1.165, 1.54) is 37.2 Å². The maximum atomic E-state index is 6.07. The number of nitrogens with zero attached hydrogens (tertiary/aromatic N) is 2. The number of rotatable bonds is 3. The lowest BCUT2D eigenvalue weighted by atomic mass is 10.0. The van der Waals surface area contributed by atoms with Gasteiger partial charge in [-0.2, -0.15) is 0 Å². The van der Waals surface area contributed by atoms with Crippen LogP contribution in [0.15, 0.2) is 24.3 Å². The first-order chi connectivity index (χ1) is 8.59. The van der Waals surface area contributed by atoms with E-state index >= 15 is 0 Å². The van der Waals surface area contributed by atoms with Crippen LogP contribution < -0.4 is 10.6 Å². The van der Waals surface area contributed by atoms with E-state index in [1.54, 1.807) is 0 Å². The van der Waals surface area contributed by atoms with Crippen LogP contribution in [0.5, 0.6) is 0 Å². The summed E-state index contributed by atoms with van der Waals surface area (Å²) in [6.45, 7) is 4.44. The van der Waals surface area contributed by atoms with Crippen molar-refractivity contribution in [3.8, 4) is 0 Å². The Bertz CT molecular complexity index is 381. The van der Waals surface area contributed by atoms with Gasteiger partial charge in [0.15, 0.2) is 0 Å². The first-order valence-electron chi connectivity index (χ1n) is 6.85. The number of para-hydroxylation sites is 1. The van der Waals surface area contributed by atoms with Crippen LogP contribution in [0.1, 0.15) is 31.4 Å². The molecule has 1 saturated heterocycles. The highest BCUT2D eigenvalue weighted by molar-refractivity contribution is 5.55. The molecule has 18 heavy (non-hydrogen) atoms. The highest BCUT2D eigenvalue weighted by Gasteiger charge is 2.22. The monoisotopic (exact) mass is 247 g/mol. The molecule has 1 aliphatic heterocycles. The Morgan fingerprint density at radius 2 is 1.89 bits per heavy atom. The van der Waals surface area contributed by atoms with Crippen LogP contribution >= 0.6 is 0 Å². The van der Waals surface area contributed by atoms with Gasteiger partial charge in [-0.05, 0) is 51.5 Å². The van der Waals surface area contributed by atoms with Crippen LogP contribution in [-0.4, -0.2) is 38.1 Å². The van der Waals surface area contributed by atoms with Crippen molar-refractivity contribution in [2.75, 3.05) is 32.1 Å². The van der Waals surface area contributed by atoms with Crippen LogP contribution in [0.4, 0.5) is 5.69 Å². The second-order valence-corrected chi connectivity index (χ2v) is 5.49. The zero-order valence-electron chi connectivity index (χ0n) is 11.8. The van der Waals surface area contributed by atoms with Gasteiger partial charge in [0, 0.05) is 24.8 Å². The molecule has 0 bridgehead atoms. The molecule has 0 spiro atoms. The van der Waals surface area contributed by atoms with Crippen molar-refractivity contribution in [1.82, 2.24) is 4.90 Å². The number of hydrogen-bond donors (Lipinski definition) is 1. The Balaban J connectivity index is 2.15. The molecule has 1 heterocycles. The minimum absolute atomic E-state index is 0.0925. The molecular formula is C15H25N3. The molecule has 1 aliphatic rings. The van der Waals surface area contributed by atoms with Crippen molar-refractivity contribution in [2.24, 2.45) is 5.73 Å². The van der Waals surface area contributed by atoms with E-state index in [1.807, 2.05) is 0 Å². The molecule has 0 saturated carbocycles. The Hall–Kier alpha value is -1.06. The van der Waals surface area contributed by atoms with E-state index in [4.69, 9.17) is 5.73 Å². The predicted octanol–water partition coefficient (Wildman–Crippen LogP) is 2.24. The summed E-state index contributed by atoms with van der Waals surface area (Å²) in [6.07, 6.45) is 2.47. The number of nitrogens with two attached hydrogens (primary N) is 1. The summed E-state index contributed by atoms with van der Waals surface area (Å²) < 4.78 is 0. The molecule has 1 aromatic carbocycles. The van der Waals surface area contributed by atoms with Gasteiger partial charge < -0.3 is 15.5 Å². The standard InChI is InChI=1S/C15H25N3/c1-12(16)14-6-4-5-7-15(14)18(3)13-8-10-17(2)11-9-13/h4-7,12-13H,8-11,16H2,1-3H3/t12-/m0/s1. The summed E-state index contributed by atoms with van der Waals surface area (Å²) in [5.74, 6) is 0. The summed E-state index contributed by atoms with van der Waals surface area (Å²) in [7, 11) is 4.41. The third-order valence-electron chi connectivity index (χ3n) is 4.04. The highest BCUT2D eigenvalue weighted by Crippen LogP contribution is 2.28. The van der Waals surface area contributed by atoms with Gasteiger partial charge in [0.2, 0.25) is 0 Å². The molecule has 100 valence electrons. The predicted molar refractivity (Wildman–Crippen MR) is 78.0 cm³/mol. The molecular weight excluding hydrogens is 222 g/mol. The van der Waals surface area contributed by atoms with Crippen LogP contribution in [0, 0.1) is 0 Å². The van der Waals surface area contributed by atoms with Crippen molar-refractivity contribution in [2.45, 2.75) is 31.8 Å². The maximum absolute atomic E-state index is 6.07. The fourth-order valence-electron chi connectivity index (χ4n) is 2.77. The van der Waals surface area contributed by atoms with Gasteiger partial charge in [-0.1, -0.05) is 18.2 Å². The largest absolute Gasteiger partial charge is 0.371 e. The van der Waals surface area contributed by atoms with E-state index < -0.39 is 0 Å². The SMILES string of the molecule is C[C@H](N)c1ccccc1N(C)C1CCN(C)CC1. The second kappa shape index (κ2) is 5.72. The summed E-state index contributed by atoms with van der Waals surface area (Å²) in [5.41, 5.74) is 8.61. The summed E-state index contributed by atoms with van der Waals surface area (Å²) in [6, 6.07) is 9.25. The van der Waals surface area contributed by atoms with Gasteiger partial charge in [0.05, 0.1) is 0 Å². The fourth-order valence-corrected chi connectivity index (χ4v) is 2.77. The zero-order chi connectivity index (χ0) is 13.1. The molecule has 0 aliphatic carbocycles. The summed E-state index contributed by atoms with van der Waals surface area (Å²) in [4.78, 5) is 4.83. The number of likely N-dealkylation sites (tertiary alicyclic amines) is 1. The van der Waals surface area contributed by atoms with Gasteiger partial charge in [-0.3, -0.25) is 0 Å². The van der Waals surface area contributed by atoms with Crippen molar-refractivity contribution in [3.63, 3.8) is 0 Å². The van der Waals surface area contributed by atoms with E-state index in [9.17, 15) is 0 Å². The lowest BCUT2D eigenvalue weighted by Gasteiger charge is -2.37. The molecule has 0 aromatic heterocycles. The van der Waals surface area contributed by atoms with E-state index in [2.05, 4.69) is 55.1 Å². The topological polar surface area (TPSA) is 32.5 Å². The summed E-state index contributed by atoms with van der Waals surface area (Å²) >= 11 is 0. The fraction of sp³-hybridized carbons (Fsp3) is 0.600. The van der Waals surface area contributed by atoms with Crippen molar-refractivity contribution >= 4 is 5.69 Å². The minimum atomic E-state index is 0.0925. The van der Waals surface area contributed by atoms with Crippen molar-refractivity contribution in [1.29, 1.82) is 0 Å². The third kappa shape index (κ3) is 2.85. The lowest BCUT2D eigenvalue weighted by Crippen LogP contribution is -2.42.